The number of nitrogens with zero attached hydrogens (tertiary/aromatic N) is 8. The van der Waals surface area contributed by atoms with E-state index in [-0.39, 0.29) is 29.0 Å². The molecule has 0 bridgehead atoms. The Morgan fingerprint density at radius 1 is 0.364 bits per heavy atom. The van der Waals surface area contributed by atoms with Crippen molar-refractivity contribution in [2.75, 3.05) is 35.0 Å². The van der Waals surface area contributed by atoms with Crippen LogP contribution in [0.5, 0.6) is 58.0 Å². The van der Waals surface area contributed by atoms with E-state index in [9.17, 15) is 21.6 Å². The van der Waals surface area contributed by atoms with Crippen molar-refractivity contribution in [2.45, 2.75) is 137 Å². The van der Waals surface area contributed by atoms with E-state index in [1.54, 1.807) is 76.2 Å². The van der Waals surface area contributed by atoms with E-state index in [4.69, 9.17) is 98.8 Å². The first-order valence-electron chi connectivity index (χ1n) is 46.8. The van der Waals surface area contributed by atoms with Crippen LogP contribution in [-0.2, 0) is 38.7 Å². The summed E-state index contributed by atoms with van der Waals surface area (Å²) in [5.41, 5.74) is 7.65. The number of rotatable bonds is 26. The molecule has 0 saturated carbocycles. The van der Waals surface area contributed by atoms with Gasteiger partial charge in [-0.2, -0.15) is 31.6 Å². The van der Waals surface area contributed by atoms with Crippen LogP contribution in [0.4, 0.5) is 13.2 Å². The zero-order valence-electron chi connectivity index (χ0n) is 81.5. The number of fused-ring (bicyclic) bond motifs is 6. The summed E-state index contributed by atoms with van der Waals surface area (Å²) in [5, 5.41) is 14.2. The van der Waals surface area contributed by atoms with Gasteiger partial charge in [-0.3, -0.25) is 0 Å². The van der Waals surface area contributed by atoms with Crippen LogP contribution in [0.15, 0.2) is 298 Å². The maximum absolute atomic E-state index is 12.3. The molecule has 0 atom stereocenters. The van der Waals surface area contributed by atoms with Crippen LogP contribution in [0.1, 0.15) is 117 Å². The average molecular weight is 2020 g/mol. The van der Waals surface area contributed by atoms with Crippen LogP contribution in [0.3, 0.4) is 0 Å². The maximum atomic E-state index is 12.3. The lowest BCUT2D eigenvalue weighted by Crippen LogP contribution is -2.41. The molecule has 18 aromatic rings. The van der Waals surface area contributed by atoms with Crippen molar-refractivity contribution in [1.82, 2.24) is 39.9 Å². The fraction of sp³-hybridized carbons (Fsp3) is 0.228. The van der Waals surface area contributed by atoms with Crippen LogP contribution in [-0.4, -0.2) is 107 Å². The van der Waals surface area contributed by atoms with Gasteiger partial charge in [0, 0.05) is 68.7 Å². The summed E-state index contributed by atoms with van der Waals surface area (Å²) >= 11 is 23.7. The molecule has 0 unspecified atom stereocenters. The highest BCUT2D eigenvalue weighted by atomic mass is 35.5. The molecule has 20 nitrogen and oxygen atoms in total. The molecule has 1 aliphatic rings. The summed E-state index contributed by atoms with van der Waals surface area (Å²) in [5.74, 6) is 4.67. The van der Waals surface area contributed by atoms with Crippen LogP contribution in [0.2, 0.25) is 20.6 Å². The van der Waals surface area contributed by atoms with E-state index in [0.29, 0.717) is 56.6 Å². The molecule has 0 aliphatic carbocycles. The Morgan fingerprint density at radius 2 is 0.706 bits per heavy atom. The lowest BCUT2D eigenvalue weighted by Gasteiger charge is -2.32. The molecular weight excluding hydrogens is 1910 g/mol. The Labute approximate surface area is 851 Å². The van der Waals surface area contributed by atoms with Gasteiger partial charge in [-0.05, 0) is 305 Å². The third-order valence-corrected chi connectivity index (χ3v) is 26.1. The van der Waals surface area contributed by atoms with Gasteiger partial charge < -0.3 is 46.6 Å². The summed E-state index contributed by atoms with van der Waals surface area (Å²) in [7, 11) is 0.351. The Morgan fingerprint density at radius 3 is 1.13 bits per heavy atom. The van der Waals surface area contributed by atoms with E-state index in [0.717, 1.165) is 192 Å². The zero-order valence-corrected chi connectivity index (χ0v) is 85.3. The monoisotopic (exact) mass is 2020 g/mol. The number of ether oxygens (including phenoxy) is 7. The molecule has 29 heteroatoms. The number of halogens is 7. The van der Waals surface area contributed by atoms with E-state index < -0.39 is 21.4 Å². The van der Waals surface area contributed by atoms with Gasteiger partial charge in [-0.25, -0.2) is 29.9 Å². The first-order chi connectivity index (χ1) is 68.9. The lowest BCUT2D eigenvalue weighted by atomic mass is 9.76. The van der Waals surface area contributed by atoms with Crippen molar-refractivity contribution in [3.63, 3.8) is 0 Å². The van der Waals surface area contributed by atoms with Crippen molar-refractivity contribution in [1.29, 1.82) is 0 Å². The highest BCUT2D eigenvalue weighted by Gasteiger charge is 2.52. The molecule has 0 N–H and O–H groups in total. The second kappa shape index (κ2) is 48.3. The van der Waals surface area contributed by atoms with Gasteiger partial charge in [0.2, 0.25) is 10.6 Å². The highest BCUT2D eigenvalue weighted by molar-refractivity contribution is 7.88. The first-order valence-corrected chi connectivity index (χ1v) is 49.7. The van der Waals surface area contributed by atoms with Gasteiger partial charge in [-0.1, -0.05) is 220 Å². The van der Waals surface area contributed by atoms with Gasteiger partial charge in [0.1, 0.15) is 40.2 Å². The van der Waals surface area contributed by atoms with Crippen molar-refractivity contribution < 1.29 is 68.2 Å². The molecular formula is C114H108BCl4F3N8O12S. The predicted molar refractivity (Wildman–Crippen MR) is 570 cm³/mol. The smallest absolute Gasteiger partial charge is 0.497 e. The number of aromatic nitrogens is 8. The van der Waals surface area contributed by atoms with Gasteiger partial charge in [0.25, 0.3) is 0 Å². The van der Waals surface area contributed by atoms with E-state index in [2.05, 4.69) is 211 Å². The van der Waals surface area contributed by atoms with Gasteiger partial charge in [-0.15, -0.1) is 0 Å². The third kappa shape index (κ3) is 26.6. The van der Waals surface area contributed by atoms with E-state index in [1.165, 1.54) is 41.0 Å². The molecule has 0 spiro atoms. The van der Waals surface area contributed by atoms with Crippen molar-refractivity contribution in [3.8, 4) is 103 Å². The zero-order chi connectivity index (χ0) is 102. The predicted octanol–water partition coefficient (Wildman–Crippen LogP) is 30.4. The second-order valence-corrected chi connectivity index (χ2v) is 37.6. The molecule has 4 aromatic heterocycles. The highest BCUT2D eigenvalue weighted by Crippen LogP contribution is 2.43. The number of hydrogen-bond acceptors (Lipinski definition) is 20. The normalized spacial score (nSPS) is 12.4. The van der Waals surface area contributed by atoms with Crippen molar-refractivity contribution in [3.05, 3.63) is 341 Å². The number of unbranched alkanes of at least 4 members (excludes halogenated alkanes) is 3. The minimum absolute atomic E-state index is 0.208. The molecule has 734 valence electrons. The molecule has 143 heavy (non-hydrogen) atoms. The molecule has 1 saturated heterocycles. The Kier molecular flexibility index (Phi) is 35.5. The summed E-state index contributed by atoms with van der Waals surface area (Å²) < 4.78 is 114. The number of methoxy groups -OCH3 is 4. The molecule has 0 radical (unpaired) electrons. The topological polar surface area (TPSA) is 230 Å². The number of aryl methyl sites for hydroxylation is 4. The minimum Gasteiger partial charge on any atom is -0.497 e. The summed E-state index contributed by atoms with van der Waals surface area (Å²) in [4.78, 5) is 35.3. The van der Waals surface area contributed by atoms with Crippen molar-refractivity contribution >= 4 is 134 Å². The van der Waals surface area contributed by atoms with Gasteiger partial charge >= 0.3 is 34.8 Å². The number of benzene rings is 14. The Bertz CT molecular complexity index is 7580. The fourth-order valence-electron chi connectivity index (χ4n) is 16.0. The second-order valence-electron chi connectivity index (χ2n) is 34.5. The SMILES string of the molecule is CCCCc1nc(Cl)ncc1-c1cccc2ccc(OC)cc12.CCCCc1nc(Oc2ccc(Cl)cc2)ncc1-c1cccc2ccc(C)cc12.CCCCc1nc(Oc2ccc(Cl)cc2)ncc1-c1cccc2ccc(OCC)cc12.COc1ccc2cccc(-c3cnc(Cl)nc3)c2c1.COc1ccc2cccc(B3OC(C)(C)C(C)(C)O3)c2c1.COc1ccc2cccc(OS(=O)(=O)C(F)(F)F)c2c1. The summed E-state index contributed by atoms with van der Waals surface area (Å²) in [6.07, 6.45) is 18.2. The van der Waals surface area contributed by atoms with Gasteiger partial charge in [0.15, 0.2) is 5.75 Å². The molecule has 0 amide bonds. The standard InChI is InChI=1S/C26H25ClN2O2.C25H23ClN2O.C19H19ClN2O.C17H21BO3.C15H11ClN2O.C12H9F3O4S/c1-3-5-9-25-24(17-28-26(29-25)31-20-14-11-19(27)12-15-20)22-8-6-7-18-10-13-21(30-4-2)16-23(18)22;1-3-4-8-24-23(21-7-5-6-18-10-9-17(2)15-22(18)21)16-27-25(28-24)29-20-13-11-19(26)12-14-20;1-3-4-8-18-17(12-21-19(20)22-18)15-7-5-6-13-9-10-14(23-2)11-16(13)15;1-16(2)17(3,4)21-18(20-16)15-8-6-7-12-9-10-13(19-5)11-14(12)15;1-19-12-6-5-10-3-2-4-13(14(10)7-12)11-8-17-15(16)18-9-11;1-18-9-6-5-8-3-2-4-11(10(8)7-9)19-20(16,17)12(13,14)15/h6-8,10-17H,3-5,9H2,1-2H3;5-7,9-16H,3-4,8H2,1-2H3;5-7,9-12H,3-4,8H2,1-2H3;6-11H,1-5H3;2-9H,1H3;2-7H,1H3. The lowest BCUT2D eigenvalue weighted by molar-refractivity contribution is -0.0499. The number of hydrogen-bond donors (Lipinski definition) is 0. The van der Waals surface area contributed by atoms with Crippen LogP contribution >= 0.6 is 46.4 Å². The first kappa shape index (κ1) is 105. The summed E-state index contributed by atoms with van der Waals surface area (Å²) in [6, 6.07) is 86.0. The van der Waals surface area contributed by atoms with Crippen LogP contribution < -0.4 is 42.8 Å². The van der Waals surface area contributed by atoms with Crippen LogP contribution in [0, 0.1) is 6.92 Å². The van der Waals surface area contributed by atoms with E-state index >= 15 is 0 Å². The largest absolute Gasteiger partial charge is 0.534 e. The molecule has 19 rings (SSSR count). The van der Waals surface area contributed by atoms with Crippen molar-refractivity contribution in [2.24, 2.45) is 0 Å². The maximum Gasteiger partial charge on any atom is 0.534 e. The summed E-state index contributed by atoms with van der Waals surface area (Å²) in [6.45, 7) is 19.6. The minimum atomic E-state index is -5.70. The number of alkyl halides is 3. The molecule has 1 fully saturated rings. The van der Waals surface area contributed by atoms with E-state index in [1.807, 2.05) is 110 Å². The fourth-order valence-corrected chi connectivity index (χ4v) is 17.0. The average Bonchev–Trinajstić information content (AvgIpc) is 1.54. The molecule has 5 heterocycles. The molecule has 1 aliphatic heterocycles. The Hall–Kier alpha value is -13.8. The molecule has 14 aromatic carbocycles. The third-order valence-electron chi connectivity index (χ3n) is 24.2. The Balaban J connectivity index is 0.000000137. The quantitative estimate of drug-likeness (QED) is 0.0212. The van der Waals surface area contributed by atoms with Crippen LogP contribution in [0.25, 0.3) is 109 Å². The van der Waals surface area contributed by atoms with Gasteiger partial charge in [0.05, 0.1) is 63.3 Å².